The number of hydrogen-bond acceptors (Lipinski definition) is 4. The fraction of sp³-hybridized carbons (Fsp3) is 0.455. The molecule has 2 aliphatic rings. The molecule has 2 heterocycles. The minimum atomic E-state index is -3.49. The predicted molar refractivity (Wildman–Crippen MR) is 109 cm³/mol. The lowest BCUT2D eigenvalue weighted by atomic mass is 9.91. The van der Waals surface area contributed by atoms with Gasteiger partial charge >= 0.3 is 0 Å². The van der Waals surface area contributed by atoms with Crippen LogP contribution in [0.5, 0.6) is 0 Å². The van der Waals surface area contributed by atoms with E-state index in [0.29, 0.717) is 21.8 Å². The number of rotatable bonds is 3. The highest BCUT2D eigenvalue weighted by molar-refractivity contribution is 7.91. The number of benzene rings is 2. The van der Waals surface area contributed by atoms with E-state index in [1.165, 1.54) is 11.3 Å². The summed E-state index contributed by atoms with van der Waals surface area (Å²) in [5, 5.41) is 0. The van der Waals surface area contributed by atoms with Gasteiger partial charge in [-0.15, -0.1) is 0 Å². The summed E-state index contributed by atoms with van der Waals surface area (Å²) in [4.78, 5) is 5.65. The first-order valence-electron chi connectivity index (χ1n) is 9.82. The van der Waals surface area contributed by atoms with Crippen LogP contribution in [0.3, 0.4) is 0 Å². The highest BCUT2D eigenvalue weighted by Crippen LogP contribution is 2.45. The Morgan fingerprint density at radius 1 is 1.04 bits per heavy atom. The topological polar surface area (TPSA) is 40.6 Å². The number of aryl methyl sites for hydroxylation is 1. The Bertz CT molecular complexity index is 955. The third kappa shape index (κ3) is 3.17. The second-order valence-corrected chi connectivity index (χ2v) is 9.79. The normalized spacial score (nSPS) is 23.0. The van der Waals surface area contributed by atoms with Crippen molar-refractivity contribution in [3.05, 3.63) is 53.6 Å². The largest absolute Gasteiger partial charge is 0.371 e. The molecule has 0 radical (unpaired) electrons. The molecule has 0 bridgehead atoms. The number of sulfone groups is 1. The van der Waals surface area contributed by atoms with Crippen molar-refractivity contribution in [3.63, 3.8) is 0 Å². The van der Waals surface area contributed by atoms with Crippen LogP contribution in [0.1, 0.15) is 36.8 Å². The van der Waals surface area contributed by atoms with Gasteiger partial charge < -0.3 is 9.80 Å². The smallest absolute Gasteiger partial charge is 0.206 e. The van der Waals surface area contributed by atoms with Gasteiger partial charge in [0.2, 0.25) is 9.84 Å². The van der Waals surface area contributed by atoms with Gasteiger partial charge in [-0.2, -0.15) is 0 Å². The van der Waals surface area contributed by atoms with Gasteiger partial charge in [-0.3, -0.25) is 0 Å². The lowest BCUT2D eigenvalue weighted by Gasteiger charge is -2.25. The third-order valence-electron chi connectivity index (χ3n) is 6.30. The van der Waals surface area contributed by atoms with E-state index in [2.05, 4.69) is 23.8 Å². The van der Waals surface area contributed by atoms with E-state index >= 15 is 0 Å². The number of hydrogen-bond donors (Lipinski definition) is 0. The van der Waals surface area contributed by atoms with Crippen LogP contribution in [0.15, 0.2) is 52.3 Å². The highest BCUT2D eigenvalue weighted by atomic mass is 32.2. The van der Waals surface area contributed by atoms with Crippen molar-refractivity contribution in [2.75, 3.05) is 31.6 Å². The molecule has 4 nitrogen and oxygen atoms in total. The lowest BCUT2D eigenvalue weighted by Crippen LogP contribution is -2.31. The maximum Gasteiger partial charge on any atom is 0.206 e. The molecule has 0 amide bonds. The fourth-order valence-electron chi connectivity index (χ4n) is 4.70. The Morgan fingerprint density at radius 2 is 1.78 bits per heavy atom. The summed E-state index contributed by atoms with van der Waals surface area (Å²) in [7, 11) is -1.34. The molecule has 0 aliphatic carbocycles. The van der Waals surface area contributed by atoms with Crippen molar-refractivity contribution in [3.8, 4) is 0 Å². The Kier molecular flexibility index (Phi) is 4.77. The van der Waals surface area contributed by atoms with Crippen LogP contribution in [0.4, 0.5) is 5.69 Å². The molecule has 1 fully saturated rings. The van der Waals surface area contributed by atoms with Crippen LogP contribution in [-0.4, -0.2) is 46.0 Å². The van der Waals surface area contributed by atoms with Gasteiger partial charge in [-0.25, -0.2) is 8.42 Å². The molecule has 0 spiro atoms. The maximum absolute atomic E-state index is 13.2. The standard InChI is InChI=1S/C22H28N2O2S/c1-4-24-12-10-19-20-15-18(8-9-21(20)23(3)22(19)11-13-24)27(25,26)17-7-5-6-16(2)14-17/h5-9,14-15,19,22H,4,10-13H2,1-3H3/t19-,22?/m1/s1. The van der Waals surface area contributed by atoms with Crippen molar-refractivity contribution < 1.29 is 8.42 Å². The Morgan fingerprint density at radius 3 is 2.52 bits per heavy atom. The average Bonchev–Trinajstić information content (AvgIpc) is 2.82. The third-order valence-corrected chi connectivity index (χ3v) is 8.04. The number of nitrogens with zero attached hydrogens (tertiary/aromatic N) is 2. The quantitative estimate of drug-likeness (QED) is 0.806. The first-order chi connectivity index (χ1) is 12.9. The zero-order chi connectivity index (χ0) is 19.2. The van der Waals surface area contributed by atoms with Crippen molar-refractivity contribution in [2.45, 2.75) is 48.4 Å². The lowest BCUT2D eigenvalue weighted by molar-refractivity contribution is 0.298. The van der Waals surface area contributed by atoms with Crippen molar-refractivity contribution in [2.24, 2.45) is 0 Å². The number of likely N-dealkylation sites (tertiary alicyclic amines) is 1. The average molecular weight is 385 g/mol. The van der Waals surface area contributed by atoms with Gasteiger partial charge in [-0.05, 0) is 74.3 Å². The summed E-state index contributed by atoms with van der Waals surface area (Å²) in [6.07, 6.45) is 2.22. The zero-order valence-corrected chi connectivity index (χ0v) is 17.2. The molecule has 4 rings (SSSR count). The summed E-state index contributed by atoms with van der Waals surface area (Å²) >= 11 is 0. The molecule has 1 unspecified atom stereocenters. The van der Waals surface area contributed by atoms with E-state index in [-0.39, 0.29) is 0 Å². The molecule has 2 aliphatic heterocycles. The Balaban J connectivity index is 1.73. The van der Waals surface area contributed by atoms with E-state index < -0.39 is 9.84 Å². The van der Waals surface area contributed by atoms with Crippen molar-refractivity contribution in [1.82, 2.24) is 4.90 Å². The molecular weight excluding hydrogens is 356 g/mol. The molecule has 0 N–H and O–H groups in total. The molecular formula is C22H28N2O2S. The van der Waals surface area contributed by atoms with Gasteiger partial charge in [0.1, 0.15) is 0 Å². The minimum absolute atomic E-state index is 0.378. The summed E-state index contributed by atoms with van der Waals surface area (Å²) < 4.78 is 26.3. The van der Waals surface area contributed by atoms with E-state index in [9.17, 15) is 8.42 Å². The SMILES string of the molecule is CCN1CCC2[C@H](CC1)c1cc(S(=O)(=O)c3cccc(C)c3)ccc1N2C. The van der Waals surface area contributed by atoms with Crippen LogP contribution < -0.4 is 4.90 Å². The molecule has 2 aromatic rings. The summed E-state index contributed by atoms with van der Waals surface area (Å²) in [6.45, 7) is 7.42. The van der Waals surface area contributed by atoms with E-state index in [0.717, 1.165) is 38.0 Å². The summed E-state index contributed by atoms with van der Waals surface area (Å²) in [5.41, 5.74) is 3.35. The highest BCUT2D eigenvalue weighted by Gasteiger charge is 2.38. The Labute approximate surface area is 162 Å². The number of fused-ring (bicyclic) bond motifs is 3. The molecule has 0 aromatic heterocycles. The summed E-state index contributed by atoms with van der Waals surface area (Å²) in [5.74, 6) is 0.411. The Hall–Kier alpha value is -1.85. The summed E-state index contributed by atoms with van der Waals surface area (Å²) in [6, 6.07) is 13.4. The van der Waals surface area contributed by atoms with Crippen molar-refractivity contribution in [1.29, 1.82) is 0 Å². The monoisotopic (exact) mass is 384 g/mol. The number of anilines is 1. The molecule has 144 valence electrons. The molecule has 5 heteroatoms. The second-order valence-electron chi connectivity index (χ2n) is 7.84. The van der Waals surface area contributed by atoms with Gasteiger partial charge in [-0.1, -0.05) is 19.1 Å². The first kappa shape index (κ1) is 18.5. The van der Waals surface area contributed by atoms with E-state index in [1.807, 2.05) is 31.2 Å². The van der Waals surface area contributed by atoms with Gasteiger partial charge in [0.05, 0.1) is 9.79 Å². The van der Waals surface area contributed by atoms with Crippen LogP contribution in [-0.2, 0) is 9.84 Å². The second kappa shape index (κ2) is 6.95. The van der Waals surface area contributed by atoms with Gasteiger partial charge in [0.25, 0.3) is 0 Å². The minimum Gasteiger partial charge on any atom is -0.371 e. The van der Waals surface area contributed by atoms with Gasteiger partial charge in [0, 0.05) is 31.2 Å². The van der Waals surface area contributed by atoms with E-state index in [4.69, 9.17) is 0 Å². The number of likely N-dealkylation sites (N-methyl/N-ethyl adjacent to an activating group) is 1. The van der Waals surface area contributed by atoms with Crippen LogP contribution in [0.2, 0.25) is 0 Å². The molecule has 1 saturated heterocycles. The van der Waals surface area contributed by atoms with Crippen molar-refractivity contribution >= 4 is 15.5 Å². The van der Waals surface area contributed by atoms with Gasteiger partial charge in [0.15, 0.2) is 0 Å². The predicted octanol–water partition coefficient (Wildman–Crippen LogP) is 3.85. The molecule has 27 heavy (non-hydrogen) atoms. The fourth-order valence-corrected chi connectivity index (χ4v) is 6.10. The molecule has 2 atom stereocenters. The van der Waals surface area contributed by atoms with Crippen LogP contribution in [0.25, 0.3) is 0 Å². The molecule has 0 saturated carbocycles. The van der Waals surface area contributed by atoms with E-state index in [1.54, 1.807) is 18.2 Å². The first-order valence-corrected chi connectivity index (χ1v) is 11.3. The maximum atomic E-state index is 13.2. The molecule has 2 aromatic carbocycles. The van der Waals surface area contributed by atoms with Crippen LogP contribution >= 0.6 is 0 Å². The zero-order valence-electron chi connectivity index (χ0n) is 16.4. The van der Waals surface area contributed by atoms with Crippen LogP contribution in [0, 0.1) is 6.92 Å².